The van der Waals surface area contributed by atoms with Crippen LogP contribution >= 0.6 is 11.3 Å². The Hall–Kier alpha value is -3.85. The highest BCUT2D eigenvalue weighted by atomic mass is 32.1. The highest BCUT2D eigenvalue weighted by Crippen LogP contribution is 2.30. The van der Waals surface area contributed by atoms with Crippen molar-refractivity contribution >= 4 is 44.7 Å². The largest absolute Gasteiger partial charge is 0.433 e. The second kappa shape index (κ2) is 7.64. The zero-order valence-electron chi connectivity index (χ0n) is 15.2. The van der Waals surface area contributed by atoms with Crippen molar-refractivity contribution in [2.45, 2.75) is 6.92 Å². The number of amides is 1. The molecule has 0 aliphatic rings. The molecule has 0 saturated heterocycles. The second-order valence-electron chi connectivity index (χ2n) is 6.13. The number of para-hydroxylation sites is 1. The van der Waals surface area contributed by atoms with Crippen LogP contribution < -0.4 is 5.01 Å². The molecule has 0 aliphatic heterocycles. The van der Waals surface area contributed by atoms with Crippen LogP contribution in [0.15, 0.2) is 70.2 Å². The number of carbonyl (C=O) groups excluding carboxylic acids is 1. The van der Waals surface area contributed by atoms with E-state index in [-0.39, 0.29) is 5.76 Å². The lowest BCUT2D eigenvalue weighted by atomic mass is 10.2. The van der Waals surface area contributed by atoms with Crippen LogP contribution in [0.25, 0.3) is 10.2 Å². The van der Waals surface area contributed by atoms with Crippen molar-refractivity contribution in [3.63, 3.8) is 0 Å². The van der Waals surface area contributed by atoms with E-state index < -0.39 is 16.7 Å². The number of hydrogen-bond donors (Lipinski definition) is 0. The van der Waals surface area contributed by atoms with Crippen molar-refractivity contribution in [1.29, 1.82) is 0 Å². The van der Waals surface area contributed by atoms with Crippen LogP contribution in [0.1, 0.15) is 21.7 Å². The molecule has 9 heteroatoms. The lowest BCUT2D eigenvalue weighted by Gasteiger charge is -2.11. The summed E-state index contributed by atoms with van der Waals surface area (Å²) in [6.07, 6.45) is 1.53. The normalized spacial score (nSPS) is 11.2. The molecule has 2 aromatic heterocycles. The van der Waals surface area contributed by atoms with E-state index in [1.165, 1.54) is 23.6 Å². The van der Waals surface area contributed by atoms with E-state index in [2.05, 4.69) is 10.1 Å². The Balaban J connectivity index is 1.73. The minimum Gasteiger partial charge on any atom is -0.395 e. The van der Waals surface area contributed by atoms with E-state index in [1.807, 2.05) is 55.5 Å². The molecular formula is C20H14N4O4S. The number of fused-ring (bicyclic) bond motifs is 1. The summed E-state index contributed by atoms with van der Waals surface area (Å²) in [5.41, 5.74) is 2.62. The Morgan fingerprint density at radius 3 is 2.62 bits per heavy atom. The van der Waals surface area contributed by atoms with E-state index in [4.69, 9.17) is 4.42 Å². The van der Waals surface area contributed by atoms with Crippen molar-refractivity contribution in [2.24, 2.45) is 5.10 Å². The molecule has 4 rings (SSSR count). The molecule has 144 valence electrons. The van der Waals surface area contributed by atoms with Gasteiger partial charge in [-0.05, 0) is 30.7 Å². The van der Waals surface area contributed by atoms with Gasteiger partial charge in [0, 0.05) is 0 Å². The molecule has 0 spiro atoms. The maximum absolute atomic E-state index is 13.0. The lowest BCUT2D eigenvalue weighted by Crippen LogP contribution is -2.25. The van der Waals surface area contributed by atoms with Gasteiger partial charge in [0.2, 0.25) is 10.9 Å². The monoisotopic (exact) mass is 406 g/mol. The minimum atomic E-state index is -0.700. The molecule has 0 bridgehead atoms. The third kappa shape index (κ3) is 3.90. The third-order valence-corrected chi connectivity index (χ3v) is 5.05. The number of carbonyl (C=O) groups is 1. The molecule has 0 atom stereocenters. The highest BCUT2D eigenvalue weighted by Gasteiger charge is 2.26. The number of nitro groups is 1. The zero-order valence-corrected chi connectivity index (χ0v) is 16.0. The van der Waals surface area contributed by atoms with E-state index >= 15 is 0 Å². The first-order chi connectivity index (χ1) is 14.0. The van der Waals surface area contributed by atoms with E-state index in [9.17, 15) is 14.9 Å². The average molecular weight is 406 g/mol. The smallest absolute Gasteiger partial charge is 0.395 e. The van der Waals surface area contributed by atoms with Gasteiger partial charge in [-0.3, -0.25) is 14.9 Å². The van der Waals surface area contributed by atoms with Crippen LogP contribution in [-0.4, -0.2) is 22.0 Å². The van der Waals surface area contributed by atoms with Gasteiger partial charge in [0.25, 0.3) is 0 Å². The number of aromatic nitrogens is 1. The summed E-state index contributed by atoms with van der Waals surface area (Å²) in [5, 5.41) is 16.6. The van der Waals surface area contributed by atoms with Crippen LogP contribution in [0.3, 0.4) is 0 Å². The molecule has 2 heterocycles. The molecule has 8 nitrogen and oxygen atoms in total. The average Bonchev–Trinajstić information content (AvgIpc) is 3.36. The molecule has 0 fully saturated rings. The number of aryl methyl sites for hydroxylation is 1. The van der Waals surface area contributed by atoms with Crippen molar-refractivity contribution in [3.8, 4) is 0 Å². The SMILES string of the molecule is Cc1ccc(/C=N\N(C(=O)c2ccc([N+](=O)[O-])o2)c2nc3ccccc3s2)cc1. The molecule has 0 N–H and O–H groups in total. The summed E-state index contributed by atoms with van der Waals surface area (Å²) >= 11 is 1.28. The summed E-state index contributed by atoms with van der Waals surface area (Å²) in [6, 6.07) is 17.4. The van der Waals surface area contributed by atoms with Crippen LogP contribution in [0.4, 0.5) is 11.0 Å². The van der Waals surface area contributed by atoms with Crippen molar-refractivity contribution in [3.05, 3.63) is 87.7 Å². The van der Waals surface area contributed by atoms with Gasteiger partial charge in [-0.2, -0.15) is 10.1 Å². The quantitative estimate of drug-likeness (QED) is 0.269. The summed E-state index contributed by atoms with van der Waals surface area (Å²) in [6.45, 7) is 1.97. The molecule has 2 aromatic carbocycles. The number of benzene rings is 2. The molecule has 0 unspecified atom stereocenters. The predicted molar refractivity (Wildman–Crippen MR) is 111 cm³/mol. The van der Waals surface area contributed by atoms with Crippen LogP contribution in [0.5, 0.6) is 0 Å². The molecule has 0 aliphatic carbocycles. The number of anilines is 1. The number of nitrogens with zero attached hydrogens (tertiary/aromatic N) is 4. The first-order valence-corrected chi connectivity index (χ1v) is 9.38. The maximum Gasteiger partial charge on any atom is 0.433 e. The number of hydrogen-bond acceptors (Lipinski definition) is 7. The van der Waals surface area contributed by atoms with Gasteiger partial charge >= 0.3 is 11.8 Å². The third-order valence-electron chi connectivity index (χ3n) is 4.04. The van der Waals surface area contributed by atoms with Crippen LogP contribution in [0.2, 0.25) is 0 Å². The Bertz CT molecular complexity index is 1190. The Labute approximate surface area is 168 Å². The topological polar surface area (TPSA) is 102 Å². The molecular weight excluding hydrogens is 392 g/mol. The van der Waals surface area contributed by atoms with Crippen LogP contribution in [-0.2, 0) is 0 Å². The second-order valence-corrected chi connectivity index (χ2v) is 7.14. The van der Waals surface area contributed by atoms with Crippen molar-refractivity contribution < 1.29 is 14.1 Å². The molecule has 0 saturated carbocycles. The van der Waals surface area contributed by atoms with Gasteiger partial charge in [-0.15, -0.1) is 0 Å². The highest BCUT2D eigenvalue weighted by molar-refractivity contribution is 7.22. The number of furan rings is 1. The van der Waals surface area contributed by atoms with E-state index in [0.29, 0.717) is 5.13 Å². The fourth-order valence-corrected chi connectivity index (χ4v) is 3.48. The standard InChI is InChI=1S/C20H14N4O4S/c1-13-6-8-14(9-7-13)12-21-23(19(25)16-10-11-18(28-16)24(26)27)20-22-15-4-2-3-5-17(15)29-20/h2-12H,1H3/b21-12-. The maximum atomic E-state index is 13.0. The first-order valence-electron chi connectivity index (χ1n) is 8.56. The van der Waals surface area contributed by atoms with Crippen molar-refractivity contribution in [1.82, 2.24) is 4.98 Å². The lowest BCUT2D eigenvalue weighted by molar-refractivity contribution is -0.402. The number of rotatable bonds is 5. The molecule has 29 heavy (non-hydrogen) atoms. The Morgan fingerprint density at radius 1 is 1.17 bits per heavy atom. The van der Waals surface area contributed by atoms with Crippen LogP contribution in [0, 0.1) is 17.0 Å². The molecule has 1 amide bonds. The van der Waals surface area contributed by atoms with Gasteiger partial charge < -0.3 is 4.42 Å². The summed E-state index contributed by atoms with van der Waals surface area (Å²) in [4.78, 5) is 27.6. The van der Waals surface area contributed by atoms with Crippen molar-refractivity contribution in [2.75, 3.05) is 5.01 Å². The summed E-state index contributed by atoms with van der Waals surface area (Å²) in [5.74, 6) is -1.36. The first kappa shape index (κ1) is 18.5. The molecule has 4 aromatic rings. The predicted octanol–water partition coefficient (Wildman–Crippen LogP) is 4.79. The minimum absolute atomic E-state index is 0.197. The fraction of sp³-hybridized carbons (Fsp3) is 0.0500. The van der Waals surface area contributed by atoms with Gasteiger partial charge in [-0.25, -0.2) is 4.98 Å². The summed E-state index contributed by atoms with van der Waals surface area (Å²) in [7, 11) is 0. The summed E-state index contributed by atoms with van der Waals surface area (Å²) < 4.78 is 5.95. The molecule has 0 radical (unpaired) electrons. The number of hydrazone groups is 1. The van der Waals surface area contributed by atoms with Gasteiger partial charge in [0.15, 0.2) is 0 Å². The zero-order chi connectivity index (χ0) is 20.4. The number of thiazole rings is 1. The Kier molecular flexibility index (Phi) is 4.88. The Morgan fingerprint density at radius 2 is 1.93 bits per heavy atom. The van der Waals surface area contributed by atoms with Gasteiger partial charge in [-0.1, -0.05) is 53.3 Å². The van der Waals surface area contributed by atoms with Gasteiger partial charge in [0.05, 0.1) is 22.5 Å². The van der Waals surface area contributed by atoms with E-state index in [1.54, 1.807) is 0 Å². The van der Waals surface area contributed by atoms with E-state index in [0.717, 1.165) is 32.4 Å². The van der Waals surface area contributed by atoms with Gasteiger partial charge in [0.1, 0.15) is 4.92 Å². The fourth-order valence-electron chi connectivity index (χ4n) is 2.56.